The highest BCUT2D eigenvalue weighted by atomic mass is 79.9. The van der Waals surface area contributed by atoms with Gasteiger partial charge in [0.05, 0.1) is 13.2 Å². The number of benzene rings is 2. The molecule has 2 rings (SSSR count). The number of rotatable bonds is 4. The fraction of sp³-hybridized carbons (Fsp3) is 0.250. The molecular weight excluding hydrogens is 323 g/mol. The van der Waals surface area contributed by atoms with Crippen LogP contribution in [-0.4, -0.2) is 12.2 Å². The van der Waals surface area contributed by atoms with Crippen LogP contribution < -0.4 is 4.74 Å². The molecule has 0 saturated heterocycles. The molecule has 0 aliphatic heterocycles. The van der Waals surface area contributed by atoms with Gasteiger partial charge in [-0.3, -0.25) is 0 Å². The summed E-state index contributed by atoms with van der Waals surface area (Å²) >= 11 is 3.38. The fourth-order valence-corrected chi connectivity index (χ4v) is 2.54. The second-order valence-electron chi connectivity index (χ2n) is 4.65. The topological polar surface area (TPSA) is 29.5 Å². The van der Waals surface area contributed by atoms with Crippen LogP contribution in [-0.2, 0) is 6.42 Å². The van der Waals surface area contributed by atoms with Gasteiger partial charge in [-0.15, -0.1) is 0 Å². The Labute approximate surface area is 126 Å². The zero-order valence-corrected chi connectivity index (χ0v) is 12.9. The molecule has 0 aliphatic carbocycles. The van der Waals surface area contributed by atoms with Crippen molar-refractivity contribution in [1.29, 1.82) is 0 Å². The van der Waals surface area contributed by atoms with Crippen molar-refractivity contribution in [1.82, 2.24) is 0 Å². The number of hydrogen-bond acceptors (Lipinski definition) is 2. The third-order valence-corrected chi connectivity index (χ3v) is 3.77. The number of halogens is 2. The summed E-state index contributed by atoms with van der Waals surface area (Å²) < 4.78 is 19.9. The molecule has 4 heteroatoms. The lowest BCUT2D eigenvalue weighted by Crippen LogP contribution is -2.06. The Bertz CT molecular complexity index is 613. The Morgan fingerprint density at radius 2 is 2.05 bits per heavy atom. The molecule has 0 spiro atoms. The average molecular weight is 339 g/mol. The van der Waals surface area contributed by atoms with Crippen LogP contribution in [0.4, 0.5) is 4.39 Å². The van der Waals surface area contributed by atoms with Crippen molar-refractivity contribution in [3.8, 4) is 5.75 Å². The summed E-state index contributed by atoms with van der Waals surface area (Å²) in [7, 11) is 1.43. The van der Waals surface area contributed by atoms with E-state index < -0.39 is 11.9 Å². The highest BCUT2D eigenvalue weighted by Gasteiger charge is 2.16. The minimum atomic E-state index is -0.755. The molecule has 0 amide bonds. The van der Waals surface area contributed by atoms with Gasteiger partial charge >= 0.3 is 0 Å². The molecule has 0 aliphatic rings. The molecule has 2 aromatic carbocycles. The summed E-state index contributed by atoms with van der Waals surface area (Å²) in [5, 5.41) is 10.3. The van der Waals surface area contributed by atoms with E-state index in [0.717, 1.165) is 15.6 Å². The molecule has 1 N–H and O–H groups in total. The highest BCUT2D eigenvalue weighted by Crippen LogP contribution is 2.28. The fourth-order valence-electron chi connectivity index (χ4n) is 2.16. The van der Waals surface area contributed by atoms with Crippen molar-refractivity contribution in [2.75, 3.05) is 7.11 Å². The van der Waals surface area contributed by atoms with Crippen molar-refractivity contribution in [2.45, 2.75) is 19.4 Å². The summed E-state index contributed by atoms with van der Waals surface area (Å²) in [6.07, 6.45) is -0.547. The maximum absolute atomic E-state index is 14.1. The van der Waals surface area contributed by atoms with E-state index >= 15 is 0 Å². The molecule has 0 aromatic heterocycles. The average Bonchev–Trinajstić information content (AvgIpc) is 2.43. The van der Waals surface area contributed by atoms with E-state index in [1.54, 1.807) is 18.2 Å². The number of methoxy groups -OCH3 is 1. The smallest absolute Gasteiger partial charge is 0.168 e. The van der Waals surface area contributed by atoms with Gasteiger partial charge in [0.2, 0.25) is 0 Å². The largest absolute Gasteiger partial charge is 0.494 e. The Balaban J connectivity index is 2.28. The summed E-state index contributed by atoms with van der Waals surface area (Å²) in [6, 6.07) is 10.6. The Hall–Kier alpha value is -1.39. The first kappa shape index (κ1) is 15.0. The van der Waals surface area contributed by atoms with Crippen LogP contribution >= 0.6 is 15.9 Å². The predicted molar refractivity (Wildman–Crippen MR) is 80.5 cm³/mol. The van der Waals surface area contributed by atoms with Crippen molar-refractivity contribution >= 4 is 15.9 Å². The van der Waals surface area contributed by atoms with E-state index in [0.29, 0.717) is 5.56 Å². The van der Waals surface area contributed by atoms with E-state index in [2.05, 4.69) is 15.9 Å². The zero-order valence-electron chi connectivity index (χ0n) is 11.4. The van der Waals surface area contributed by atoms with E-state index in [1.165, 1.54) is 7.11 Å². The highest BCUT2D eigenvalue weighted by molar-refractivity contribution is 9.10. The number of aliphatic hydroxyl groups is 1. The van der Waals surface area contributed by atoms with Gasteiger partial charge in [0, 0.05) is 10.9 Å². The van der Waals surface area contributed by atoms with Gasteiger partial charge in [0.25, 0.3) is 0 Å². The predicted octanol–water partition coefficient (Wildman–Crippen LogP) is 4.18. The summed E-state index contributed by atoms with van der Waals surface area (Å²) in [5.41, 5.74) is 2.21. The normalized spacial score (nSPS) is 12.2. The second-order valence-corrected chi connectivity index (χ2v) is 5.57. The molecule has 0 radical (unpaired) electrons. The van der Waals surface area contributed by atoms with Crippen molar-refractivity contribution in [3.05, 3.63) is 63.4 Å². The van der Waals surface area contributed by atoms with Crippen molar-refractivity contribution < 1.29 is 14.2 Å². The number of aryl methyl sites for hydroxylation is 1. The molecule has 106 valence electrons. The van der Waals surface area contributed by atoms with Gasteiger partial charge in [-0.05, 0) is 41.8 Å². The molecule has 0 bridgehead atoms. The van der Waals surface area contributed by atoms with Crippen LogP contribution in [0.2, 0.25) is 0 Å². The van der Waals surface area contributed by atoms with E-state index in [4.69, 9.17) is 4.74 Å². The molecule has 0 saturated carbocycles. The maximum Gasteiger partial charge on any atom is 0.168 e. The van der Waals surface area contributed by atoms with Crippen molar-refractivity contribution in [3.63, 3.8) is 0 Å². The molecule has 20 heavy (non-hydrogen) atoms. The van der Waals surface area contributed by atoms with Gasteiger partial charge in [-0.25, -0.2) is 4.39 Å². The van der Waals surface area contributed by atoms with Crippen molar-refractivity contribution in [2.24, 2.45) is 0 Å². The zero-order chi connectivity index (χ0) is 14.7. The first-order chi connectivity index (χ1) is 9.52. The lowest BCUT2D eigenvalue weighted by atomic mass is 9.97. The van der Waals surface area contributed by atoms with Crippen LogP contribution in [0.15, 0.2) is 40.9 Å². The van der Waals surface area contributed by atoms with Crippen LogP contribution in [0.1, 0.15) is 22.8 Å². The lowest BCUT2D eigenvalue weighted by Gasteiger charge is -2.15. The monoisotopic (exact) mass is 338 g/mol. The number of hydrogen-bond donors (Lipinski definition) is 1. The van der Waals surface area contributed by atoms with Gasteiger partial charge in [0.1, 0.15) is 0 Å². The maximum atomic E-state index is 14.1. The number of ether oxygens (including phenoxy) is 1. The van der Waals surface area contributed by atoms with Gasteiger partial charge in [0.15, 0.2) is 11.6 Å². The van der Waals surface area contributed by atoms with Gasteiger partial charge in [-0.2, -0.15) is 0 Å². The second kappa shape index (κ2) is 6.37. The third kappa shape index (κ3) is 3.19. The van der Waals surface area contributed by atoms with E-state index in [1.807, 2.05) is 25.1 Å². The lowest BCUT2D eigenvalue weighted by molar-refractivity contribution is 0.176. The molecule has 1 unspecified atom stereocenters. The molecular formula is C16H16BrFO2. The van der Waals surface area contributed by atoms with Crippen LogP contribution in [0.3, 0.4) is 0 Å². The van der Waals surface area contributed by atoms with Crippen LogP contribution in [0.25, 0.3) is 0 Å². The molecule has 2 aromatic rings. The standard InChI is InChI=1S/C16H16BrFO2/c1-10-6-7-12(17)9-13(10)14(19)8-11-4-3-5-15(20-2)16(11)18/h3-7,9,14,19H,8H2,1-2H3. The first-order valence-corrected chi connectivity index (χ1v) is 7.07. The quantitative estimate of drug-likeness (QED) is 0.905. The van der Waals surface area contributed by atoms with Gasteiger partial charge in [-0.1, -0.05) is 34.1 Å². The minimum absolute atomic E-state index is 0.195. The van der Waals surface area contributed by atoms with Crippen LogP contribution in [0, 0.1) is 12.7 Å². The van der Waals surface area contributed by atoms with Crippen LogP contribution in [0.5, 0.6) is 5.75 Å². The third-order valence-electron chi connectivity index (χ3n) is 3.28. The molecule has 1 atom stereocenters. The molecule has 0 fully saturated rings. The SMILES string of the molecule is COc1cccc(CC(O)c2cc(Br)ccc2C)c1F. The summed E-state index contributed by atoms with van der Waals surface area (Å²) in [4.78, 5) is 0. The first-order valence-electron chi connectivity index (χ1n) is 6.28. The van der Waals surface area contributed by atoms with Gasteiger partial charge < -0.3 is 9.84 Å². The molecule has 2 nitrogen and oxygen atoms in total. The number of aliphatic hydroxyl groups excluding tert-OH is 1. The van der Waals surface area contributed by atoms with E-state index in [-0.39, 0.29) is 12.2 Å². The summed E-state index contributed by atoms with van der Waals surface area (Å²) in [6.45, 7) is 1.92. The minimum Gasteiger partial charge on any atom is -0.494 e. The Kier molecular flexibility index (Phi) is 4.78. The van der Waals surface area contributed by atoms with E-state index in [9.17, 15) is 9.50 Å². The molecule has 0 heterocycles. The Morgan fingerprint density at radius 1 is 1.30 bits per heavy atom. The Morgan fingerprint density at radius 3 is 2.75 bits per heavy atom. The summed E-state index contributed by atoms with van der Waals surface area (Å²) in [5.74, 6) is -0.220.